The molecule has 0 amide bonds. The molecule has 0 aliphatic carbocycles. The van der Waals surface area contributed by atoms with Gasteiger partial charge in [-0.05, 0) is 26.0 Å². The first-order chi connectivity index (χ1) is 8.38. The molecule has 18 heavy (non-hydrogen) atoms. The summed E-state index contributed by atoms with van der Waals surface area (Å²) in [7, 11) is 0. The van der Waals surface area contributed by atoms with E-state index in [-0.39, 0.29) is 0 Å². The molecule has 0 fully saturated rings. The summed E-state index contributed by atoms with van der Waals surface area (Å²) in [6.45, 7) is 3.71. The number of hydrogen-bond acceptors (Lipinski definition) is 3. The lowest BCUT2D eigenvalue weighted by atomic mass is 9.93. The van der Waals surface area contributed by atoms with Crippen molar-refractivity contribution < 1.29 is 5.11 Å². The Hall–Kier alpha value is -0.420. The highest BCUT2D eigenvalue weighted by Gasteiger charge is 2.27. The fraction of sp³-hybridized carbons (Fsp3) is 0.308. The molecule has 0 saturated carbocycles. The molecule has 5 heteroatoms. The SMILES string of the molecule is Cc1csc(CC(C)(O)c2ccc(Br)cc2Cl)n1. The molecular weight excluding hydrogens is 334 g/mol. The minimum Gasteiger partial charge on any atom is -0.385 e. The van der Waals surface area contributed by atoms with Crippen LogP contribution in [0.5, 0.6) is 0 Å². The molecule has 1 heterocycles. The van der Waals surface area contributed by atoms with Gasteiger partial charge in [-0.2, -0.15) is 0 Å². The highest BCUT2D eigenvalue weighted by molar-refractivity contribution is 9.10. The van der Waals surface area contributed by atoms with Crippen LogP contribution in [0.25, 0.3) is 0 Å². The molecule has 2 rings (SSSR count). The number of aryl methyl sites for hydroxylation is 1. The van der Waals surface area contributed by atoms with Crippen LogP contribution in [0.2, 0.25) is 5.02 Å². The number of rotatable bonds is 3. The highest BCUT2D eigenvalue weighted by atomic mass is 79.9. The van der Waals surface area contributed by atoms with Crippen molar-refractivity contribution in [3.8, 4) is 0 Å². The second-order valence-electron chi connectivity index (χ2n) is 4.46. The number of benzene rings is 1. The molecule has 1 aromatic heterocycles. The molecule has 96 valence electrons. The minimum atomic E-state index is -1.01. The Labute approximate surface area is 124 Å². The van der Waals surface area contributed by atoms with E-state index in [1.807, 2.05) is 24.4 Å². The molecule has 1 atom stereocenters. The summed E-state index contributed by atoms with van der Waals surface area (Å²) in [5, 5.41) is 14.0. The maximum absolute atomic E-state index is 10.6. The fourth-order valence-electron chi connectivity index (χ4n) is 1.80. The van der Waals surface area contributed by atoms with E-state index in [2.05, 4.69) is 20.9 Å². The first-order valence-electron chi connectivity index (χ1n) is 5.47. The largest absolute Gasteiger partial charge is 0.385 e. The van der Waals surface area contributed by atoms with E-state index in [1.165, 1.54) is 0 Å². The van der Waals surface area contributed by atoms with Gasteiger partial charge >= 0.3 is 0 Å². The first-order valence-corrected chi connectivity index (χ1v) is 7.52. The molecule has 1 aromatic carbocycles. The summed E-state index contributed by atoms with van der Waals surface area (Å²) in [6, 6.07) is 5.51. The third-order valence-corrected chi connectivity index (χ3v) is 4.45. The van der Waals surface area contributed by atoms with Gasteiger partial charge in [0.05, 0.1) is 10.6 Å². The Balaban J connectivity index is 2.29. The zero-order valence-corrected chi connectivity index (χ0v) is 13.2. The highest BCUT2D eigenvalue weighted by Crippen LogP contribution is 2.33. The quantitative estimate of drug-likeness (QED) is 0.898. The van der Waals surface area contributed by atoms with Crippen LogP contribution in [0.3, 0.4) is 0 Å². The van der Waals surface area contributed by atoms with E-state index < -0.39 is 5.60 Å². The van der Waals surface area contributed by atoms with Gasteiger partial charge in [0.25, 0.3) is 0 Å². The molecule has 1 N–H and O–H groups in total. The van der Waals surface area contributed by atoms with Crippen LogP contribution in [0.4, 0.5) is 0 Å². The lowest BCUT2D eigenvalue weighted by Crippen LogP contribution is -2.24. The van der Waals surface area contributed by atoms with Crippen LogP contribution in [0.1, 0.15) is 23.2 Å². The van der Waals surface area contributed by atoms with Gasteiger partial charge in [0.2, 0.25) is 0 Å². The molecule has 2 nitrogen and oxygen atoms in total. The maximum atomic E-state index is 10.6. The Morgan fingerprint density at radius 2 is 2.22 bits per heavy atom. The summed E-state index contributed by atoms with van der Waals surface area (Å²) in [6.07, 6.45) is 0.465. The van der Waals surface area contributed by atoms with Gasteiger partial charge in [0, 0.05) is 32.6 Å². The number of thiazole rings is 1. The molecule has 0 radical (unpaired) electrons. The Morgan fingerprint density at radius 3 is 2.78 bits per heavy atom. The predicted molar refractivity (Wildman–Crippen MR) is 79.3 cm³/mol. The Kier molecular flexibility index (Phi) is 4.11. The lowest BCUT2D eigenvalue weighted by Gasteiger charge is -2.24. The van der Waals surface area contributed by atoms with Gasteiger partial charge in [-0.25, -0.2) is 4.98 Å². The predicted octanol–water partition coefficient (Wildman–Crippen LogP) is 4.32. The fourth-order valence-corrected chi connectivity index (χ4v) is 3.60. The van der Waals surface area contributed by atoms with Crippen molar-refractivity contribution in [2.45, 2.75) is 25.9 Å². The zero-order chi connectivity index (χ0) is 13.3. The van der Waals surface area contributed by atoms with Crippen LogP contribution in [0, 0.1) is 6.92 Å². The van der Waals surface area contributed by atoms with Crippen molar-refractivity contribution in [3.05, 3.63) is 49.3 Å². The van der Waals surface area contributed by atoms with Gasteiger partial charge in [-0.1, -0.05) is 33.6 Å². The molecule has 0 spiro atoms. The molecule has 1 unspecified atom stereocenters. The summed E-state index contributed by atoms with van der Waals surface area (Å²) >= 11 is 11.1. The number of nitrogens with zero attached hydrogens (tertiary/aromatic N) is 1. The maximum Gasteiger partial charge on any atom is 0.0960 e. The van der Waals surface area contributed by atoms with E-state index in [1.54, 1.807) is 24.3 Å². The van der Waals surface area contributed by atoms with Crippen LogP contribution in [-0.2, 0) is 12.0 Å². The molecular formula is C13H13BrClNOS. The van der Waals surface area contributed by atoms with Gasteiger partial charge in [0.1, 0.15) is 0 Å². The minimum absolute atomic E-state index is 0.465. The van der Waals surface area contributed by atoms with E-state index in [4.69, 9.17) is 11.6 Å². The number of aliphatic hydroxyl groups is 1. The lowest BCUT2D eigenvalue weighted by molar-refractivity contribution is 0.0576. The summed E-state index contributed by atoms with van der Waals surface area (Å²) in [4.78, 5) is 4.37. The average Bonchev–Trinajstić information content (AvgIpc) is 2.62. The second kappa shape index (κ2) is 5.29. The topological polar surface area (TPSA) is 33.1 Å². The van der Waals surface area contributed by atoms with Gasteiger partial charge in [-0.15, -0.1) is 11.3 Å². The van der Waals surface area contributed by atoms with Crippen molar-refractivity contribution in [1.29, 1.82) is 0 Å². The summed E-state index contributed by atoms with van der Waals surface area (Å²) < 4.78 is 0.900. The number of aromatic nitrogens is 1. The van der Waals surface area contributed by atoms with Crippen LogP contribution >= 0.6 is 38.9 Å². The van der Waals surface area contributed by atoms with E-state index in [9.17, 15) is 5.11 Å². The van der Waals surface area contributed by atoms with E-state index in [0.29, 0.717) is 11.4 Å². The molecule has 0 aliphatic rings. The van der Waals surface area contributed by atoms with Crippen molar-refractivity contribution in [2.75, 3.05) is 0 Å². The van der Waals surface area contributed by atoms with Crippen LogP contribution in [0.15, 0.2) is 28.1 Å². The van der Waals surface area contributed by atoms with Crippen LogP contribution < -0.4 is 0 Å². The van der Waals surface area contributed by atoms with Crippen molar-refractivity contribution in [3.63, 3.8) is 0 Å². The molecule has 0 bridgehead atoms. The smallest absolute Gasteiger partial charge is 0.0960 e. The summed E-state index contributed by atoms with van der Waals surface area (Å²) in [5.74, 6) is 0. The monoisotopic (exact) mass is 345 g/mol. The van der Waals surface area contributed by atoms with Gasteiger partial charge < -0.3 is 5.11 Å². The first kappa shape index (κ1) is 14.0. The molecule has 0 aliphatic heterocycles. The Bertz CT molecular complexity index is 568. The second-order valence-corrected chi connectivity index (χ2v) is 6.72. The number of hydrogen-bond donors (Lipinski definition) is 1. The third kappa shape index (κ3) is 3.12. The normalized spacial score (nSPS) is 14.5. The standard InChI is InChI=1S/C13H13BrClNOS/c1-8-7-18-12(16-8)6-13(2,17)10-4-3-9(14)5-11(10)15/h3-5,7,17H,6H2,1-2H3. The van der Waals surface area contributed by atoms with Crippen molar-refractivity contribution >= 4 is 38.9 Å². The van der Waals surface area contributed by atoms with Crippen LogP contribution in [-0.4, -0.2) is 10.1 Å². The van der Waals surface area contributed by atoms with Crippen molar-refractivity contribution in [1.82, 2.24) is 4.98 Å². The third-order valence-electron chi connectivity index (χ3n) is 2.67. The molecule has 2 aromatic rings. The number of halogens is 2. The van der Waals surface area contributed by atoms with E-state index in [0.717, 1.165) is 20.7 Å². The molecule has 0 saturated heterocycles. The van der Waals surface area contributed by atoms with Gasteiger partial charge in [-0.3, -0.25) is 0 Å². The van der Waals surface area contributed by atoms with Crippen molar-refractivity contribution in [2.24, 2.45) is 0 Å². The zero-order valence-electron chi connectivity index (χ0n) is 10.1. The average molecular weight is 347 g/mol. The Morgan fingerprint density at radius 1 is 1.50 bits per heavy atom. The van der Waals surface area contributed by atoms with Gasteiger partial charge in [0.15, 0.2) is 0 Å². The summed E-state index contributed by atoms with van der Waals surface area (Å²) in [5.41, 5.74) is 0.690. The van der Waals surface area contributed by atoms with E-state index >= 15 is 0 Å².